The van der Waals surface area contributed by atoms with E-state index in [0.717, 1.165) is 18.2 Å². The van der Waals surface area contributed by atoms with Crippen molar-refractivity contribution in [3.63, 3.8) is 0 Å². The number of carbonyl (C=O) groups is 1. The topological polar surface area (TPSA) is 32.3 Å². The maximum atomic E-state index is 13.0. The van der Waals surface area contributed by atoms with Gasteiger partial charge in [-0.15, -0.1) is 12.4 Å². The van der Waals surface area contributed by atoms with Crippen LogP contribution < -0.4 is 5.32 Å². The summed E-state index contributed by atoms with van der Waals surface area (Å²) >= 11 is 0. The van der Waals surface area contributed by atoms with Gasteiger partial charge in [0, 0.05) is 37.3 Å². The lowest BCUT2D eigenvalue weighted by Gasteiger charge is -2.31. The summed E-state index contributed by atoms with van der Waals surface area (Å²) in [6.07, 6.45) is 0. The molecule has 0 aliphatic carbocycles. The molecular formula is C12H15ClF2N2O. The monoisotopic (exact) mass is 276 g/mol. The number of hydrogen-bond donors (Lipinski definition) is 1. The zero-order valence-electron chi connectivity index (χ0n) is 9.95. The Hall–Kier alpha value is -1.20. The third-order valence-corrected chi connectivity index (χ3v) is 2.77. The Kier molecular flexibility index (Phi) is 5.04. The van der Waals surface area contributed by atoms with Crippen LogP contribution in [0.5, 0.6) is 0 Å². The smallest absolute Gasteiger partial charge is 0.254 e. The molecular weight excluding hydrogens is 262 g/mol. The molecule has 1 aliphatic rings. The van der Waals surface area contributed by atoms with Gasteiger partial charge in [-0.1, -0.05) is 0 Å². The number of amides is 1. The lowest BCUT2D eigenvalue weighted by molar-refractivity contribution is 0.0708. The van der Waals surface area contributed by atoms with Crippen molar-refractivity contribution in [1.82, 2.24) is 10.2 Å². The molecule has 1 fully saturated rings. The van der Waals surface area contributed by atoms with Gasteiger partial charge in [-0.2, -0.15) is 0 Å². The number of rotatable bonds is 1. The van der Waals surface area contributed by atoms with Gasteiger partial charge in [0.15, 0.2) is 0 Å². The molecule has 1 unspecified atom stereocenters. The maximum absolute atomic E-state index is 13.0. The largest absolute Gasteiger partial charge is 0.336 e. The number of hydrogen-bond acceptors (Lipinski definition) is 2. The number of carbonyl (C=O) groups excluding carboxylic acids is 1. The quantitative estimate of drug-likeness (QED) is 0.849. The molecule has 3 nitrogen and oxygen atoms in total. The van der Waals surface area contributed by atoms with Crippen molar-refractivity contribution >= 4 is 18.3 Å². The van der Waals surface area contributed by atoms with E-state index in [-0.39, 0.29) is 29.9 Å². The molecule has 2 rings (SSSR count). The number of halogens is 3. The maximum Gasteiger partial charge on any atom is 0.254 e. The van der Waals surface area contributed by atoms with E-state index in [4.69, 9.17) is 0 Å². The number of nitrogens with zero attached hydrogens (tertiary/aromatic N) is 1. The van der Waals surface area contributed by atoms with Crippen LogP contribution in [-0.2, 0) is 0 Å². The van der Waals surface area contributed by atoms with Gasteiger partial charge < -0.3 is 10.2 Å². The SMILES string of the molecule is CC1CN(C(=O)c2cc(F)cc(F)c2)CCN1.Cl. The zero-order chi connectivity index (χ0) is 12.4. The number of nitrogens with one attached hydrogen (secondary N) is 1. The molecule has 18 heavy (non-hydrogen) atoms. The van der Waals surface area contributed by atoms with Crippen molar-refractivity contribution in [3.05, 3.63) is 35.4 Å². The van der Waals surface area contributed by atoms with Crippen molar-refractivity contribution in [2.75, 3.05) is 19.6 Å². The van der Waals surface area contributed by atoms with Crippen LogP contribution in [0.1, 0.15) is 17.3 Å². The fourth-order valence-corrected chi connectivity index (χ4v) is 1.98. The van der Waals surface area contributed by atoms with Gasteiger partial charge in [0.25, 0.3) is 5.91 Å². The van der Waals surface area contributed by atoms with Gasteiger partial charge in [0.1, 0.15) is 11.6 Å². The second kappa shape index (κ2) is 6.11. The second-order valence-electron chi connectivity index (χ2n) is 4.26. The Labute approximate surface area is 111 Å². The van der Waals surface area contributed by atoms with Crippen LogP contribution in [0.25, 0.3) is 0 Å². The van der Waals surface area contributed by atoms with E-state index in [2.05, 4.69) is 5.32 Å². The van der Waals surface area contributed by atoms with E-state index in [1.165, 1.54) is 0 Å². The second-order valence-corrected chi connectivity index (χ2v) is 4.26. The Bertz CT molecular complexity index is 422. The highest BCUT2D eigenvalue weighted by Crippen LogP contribution is 2.12. The molecule has 100 valence electrons. The first-order valence-corrected chi connectivity index (χ1v) is 5.55. The minimum absolute atomic E-state index is 0. The Morgan fingerprint density at radius 2 is 1.94 bits per heavy atom. The first kappa shape index (κ1) is 14.9. The highest BCUT2D eigenvalue weighted by atomic mass is 35.5. The summed E-state index contributed by atoms with van der Waals surface area (Å²) in [7, 11) is 0. The van der Waals surface area contributed by atoms with E-state index in [1.54, 1.807) is 4.90 Å². The van der Waals surface area contributed by atoms with Crippen molar-refractivity contribution in [3.8, 4) is 0 Å². The van der Waals surface area contributed by atoms with Crippen LogP contribution in [0.3, 0.4) is 0 Å². The molecule has 0 spiro atoms. The molecule has 1 aromatic carbocycles. The first-order valence-electron chi connectivity index (χ1n) is 5.55. The van der Waals surface area contributed by atoms with Gasteiger partial charge >= 0.3 is 0 Å². The molecule has 0 saturated carbocycles. The summed E-state index contributed by atoms with van der Waals surface area (Å²) in [4.78, 5) is 13.6. The lowest BCUT2D eigenvalue weighted by Crippen LogP contribution is -2.51. The fraction of sp³-hybridized carbons (Fsp3) is 0.417. The summed E-state index contributed by atoms with van der Waals surface area (Å²) in [6, 6.07) is 3.10. The van der Waals surface area contributed by atoms with Gasteiger partial charge in [-0.25, -0.2) is 8.78 Å². The van der Waals surface area contributed by atoms with Gasteiger partial charge in [-0.3, -0.25) is 4.79 Å². The van der Waals surface area contributed by atoms with E-state index >= 15 is 0 Å². The van der Waals surface area contributed by atoms with Crippen LogP contribution in [-0.4, -0.2) is 36.5 Å². The molecule has 0 bridgehead atoms. The number of benzene rings is 1. The molecule has 0 radical (unpaired) electrons. The Morgan fingerprint density at radius 1 is 1.33 bits per heavy atom. The molecule has 6 heteroatoms. The molecule has 1 N–H and O–H groups in total. The third-order valence-electron chi connectivity index (χ3n) is 2.77. The van der Waals surface area contributed by atoms with E-state index in [9.17, 15) is 13.6 Å². The van der Waals surface area contributed by atoms with Crippen LogP contribution in [0.4, 0.5) is 8.78 Å². The Balaban J connectivity index is 0.00000162. The lowest BCUT2D eigenvalue weighted by atomic mass is 10.1. The molecule has 1 atom stereocenters. The van der Waals surface area contributed by atoms with Crippen LogP contribution in [0.15, 0.2) is 18.2 Å². The third kappa shape index (κ3) is 3.40. The number of piperazine rings is 1. The molecule has 1 amide bonds. The fourth-order valence-electron chi connectivity index (χ4n) is 1.98. The van der Waals surface area contributed by atoms with Crippen molar-refractivity contribution in [1.29, 1.82) is 0 Å². The van der Waals surface area contributed by atoms with Gasteiger partial charge in [0.2, 0.25) is 0 Å². The van der Waals surface area contributed by atoms with E-state index in [1.807, 2.05) is 6.92 Å². The average Bonchev–Trinajstić information content (AvgIpc) is 2.26. The molecule has 1 aromatic rings. The summed E-state index contributed by atoms with van der Waals surface area (Å²) < 4.78 is 26.0. The summed E-state index contributed by atoms with van der Waals surface area (Å²) in [5, 5.41) is 3.20. The highest BCUT2D eigenvalue weighted by molar-refractivity contribution is 5.94. The minimum Gasteiger partial charge on any atom is -0.336 e. The van der Waals surface area contributed by atoms with Crippen molar-refractivity contribution in [2.24, 2.45) is 0 Å². The summed E-state index contributed by atoms with van der Waals surface area (Å²) in [5.41, 5.74) is 0.0663. The molecule has 1 aliphatic heterocycles. The Morgan fingerprint density at radius 3 is 2.50 bits per heavy atom. The van der Waals surface area contributed by atoms with Crippen molar-refractivity contribution < 1.29 is 13.6 Å². The van der Waals surface area contributed by atoms with Gasteiger partial charge in [-0.05, 0) is 19.1 Å². The van der Waals surface area contributed by atoms with Crippen LogP contribution >= 0.6 is 12.4 Å². The predicted octanol–water partition coefficient (Wildman–Crippen LogP) is 1.82. The normalized spacial score (nSPS) is 19.3. The summed E-state index contributed by atoms with van der Waals surface area (Å²) in [5.74, 6) is -1.77. The first-order chi connectivity index (χ1) is 8.06. The van der Waals surface area contributed by atoms with Crippen LogP contribution in [0.2, 0.25) is 0 Å². The van der Waals surface area contributed by atoms with E-state index < -0.39 is 11.6 Å². The van der Waals surface area contributed by atoms with Crippen molar-refractivity contribution in [2.45, 2.75) is 13.0 Å². The standard InChI is InChI=1S/C12H14F2N2O.ClH/c1-8-7-16(3-2-15-8)12(17)9-4-10(13)6-11(14)5-9;/h4-6,8,15H,2-3,7H2,1H3;1H. The molecule has 0 aromatic heterocycles. The summed E-state index contributed by atoms with van der Waals surface area (Å²) in [6.45, 7) is 3.77. The van der Waals surface area contributed by atoms with E-state index in [0.29, 0.717) is 19.6 Å². The zero-order valence-corrected chi connectivity index (χ0v) is 10.8. The molecule has 1 heterocycles. The minimum atomic E-state index is -0.725. The highest BCUT2D eigenvalue weighted by Gasteiger charge is 2.22. The van der Waals surface area contributed by atoms with Crippen LogP contribution in [0, 0.1) is 11.6 Å². The molecule has 1 saturated heterocycles. The van der Waals surface area contributed by atoms with Gasteiger partial charge in [0.05, 0.1) is 0 Å². The predicted molar refractivity (Wildman–Crippen MR) is 67.0 cm³/mol. The average molecular weight is 277 g/mol.